The number of carbonyl (C=O) groups is 2. The third-order valence-corrected chi connectivity index (χ3v) is 3.88. The maximum Gasteiger partial charge on any atom is 0.407 e. The minimum Gasteiger partial charge on any atom is -0.444 e. The van der Waals surface area contributed by atoms with E-state index in [0.29, 0.717) is 0 Å². The first-order chi connectivity index (χ1) is 9.87. The predicted octanol–water partition coefficient (Wildman–Crippen LogP) is 2.61. The number of hydrogen-bond acceptors (Lipinski definition) is 3. The van der Waals surface area contributed by atoms with Gasteiger partial charge in [-0.05, 0) is 52.5 Å². The summed E-state index contributed by atoms with van der Waals surface area (Å²) in [5.74, 6) is 0.0398. The van der Waals surface area contributed by atoms with Crippen LogP contribution in [-0.2, 0) is 9.53 Å². The quantitative estimate of drug-likeness (QED) is 0.851. The molecule has 0 aromatic rings. The summed E-state index contributed by atoms with van der Waals surface area (Å²) in [6.45, 7) is 6.49. The summed E-state index contributed by atoms with van der Waals surface area (Å²) in [6, 6.07) is 0.0157. The van der Waals surface area contributed by atoms with Crippen LogP contribution in [0.1, 0.15) is 52.9 Å². The van der Waals surface area contributed by atoms with Gasteiger partial charge in [-0.15, -0.1) is 0 Å². The molecule has 0 saturated heterocycles. The normalized spacial score (nSPS) is 26.6. The van der Waals surface area contributed by atoms with Gasteiger partial charge in [-0.1, -0.05) is 12.5 Å². The second-order valence-electron chi connectivity index (χ2n) is 6.89. The molecule has 1 fully saturated rings. The monoisotopic (exact) mass is 294 g/mol. The fourth-order valence-electron chi connectivity index (χ4n) is 2.98. The van der Waals surface area contributed by atoms with E-state index < -0.39 is 0 Å². The fraction of sp³-hybridized carbons (Fsp3) is 0.750. The van der Waals surface area contributed by atoms with E-state index in [9.17, 15) is 9.59 Å². The highest BCUT2D eigenvalue weighted by Crippen LogP contribution is 2.27. The first kappa shape index (κ1) is 15.9. The number of nitrogens with one attached hydrogen (secondary N) is 1. The smallest absolute Gasteiger partial charge is 0.407 e. The van der Waals surface area contributed by atoms with Crippen molar-refractivity contribution in [1.82, 2.24) is 10.2 Å². The maximum atomic E-state index is 12.0. The van der Waals surface area contributed by atoms with E-state index in [1.165, 1.54) is 0 Å². The third-order valence-electron chi connectivity index (χ3n) is 3.88. The van der Waals surface area contributed by atoms with E-state index in [1.807, 2.05) is 31.7 Å². The van der Waals surface area contributed by atoms with Crippen molar-refractivity contribution in [2.75, 3.05) is 6.54 Å². The highest BCUT2D eigenvalue weighted by Gasteiger charge is 2.35. The summed E-state index contributed by atoms with van der Waals surface area (Å²) in [4.78, 5) is 25.9. The van der Waals surface area contributed by atoms with Gasteiger partial charge in [-0.3, -0.25) is 4.79 Å². The van der Waals surface area contributed by atoms with Crippen molar-refractivity contribution in [3.63, 3.8) is 0 Å². The molecule has 1 heterocycles. The molecule has 2 amide bonds. The molecule has 2 atom stereocenters. The number of amides is 2. The van der Waals surface area contributed by atoms with Crippen molar-refractivity contribution >= 4 is 12.0 Å². The molecular formula is C16H26N2O3. The lowest BCUT2D eigenvalue weighted by Gasteiger charge is -2.40. The van der Waals surface area contributed by atoms with Crippen LogP contribution in [-0.4, -0.2) is 41.1 Å². The Morgan fingerprint density at radius 3 is 2.71 bits per heavy atom. The van der Waals surface area contributed by atoms with Crippen LogP contribution in [0.15, 0.2) is 12.2 Å². The molecular weight excluding hydrogens is 268 g/mol. The Hall–Kier alpha value is -1.52. The molecule has 1 N–H and O–H groups in total. The van der Waals surface area contributed by atoms with Crippen molar-refractivity contribution in [3.05, 3.63) is 12.2 Å². The second-order valence-corrected chi connectivity index (χ2v) is 6.89. The van der Waals surface area contributed by atoms with Crippen molar-refractivity contribution in [1.29, 1.82) is 0 Å². The molecule has 2 rings (SSSR count). The molecule has 5 nitrogen and oxygen atoms in total. The number of hydrogen-bond donors (Lipinski definition) is 1. The van der Waals surface area contributed by atoms with E-state index in [4.69, 9.17) is 4.74 Å². The van der Waals surface area contributed by atoms with Gasteiger partial charge >= 0.3 is 6.09 Å². The van der Waals surface area contributed by atoms with E-state index in [-0.39, 0.29) is 29.7 Å². The molecule has 5 heteroatoms. The number of nitrogens with zero attached hydrogens (tertiary/aromatic N) is 1. The van der Waals surface area contributed by atoms with Crippen molar-refractivity contribution in [2.45, 2.75) is 70.6 Å². The summed E-state index contributed by atoms with van der Waals surface area (Å²) in [7, 11) is 0. The minimum atomic E-state index is -0.389. The zero-order valence-electron chi connectivity index (χ0n) is 13.2. The SMILES string of the molecule is CC(C)(C)NC(=O)OC1CCCCC1N1CCC=CC1=O. The molecule has 0 aromatic heterocycles. The van der Waals surface area contributed by atoms with Crippen molar-refractivity contribution in [3.8, 4) is 0 Å². The van der Waals surface area contributed by atoms with Gasteiger partial charge in [0.1, 0.15) is 6.10 Å². The topological polar surface area (TPSA) is 58.6 Å². The first-order valence-corrected chi connectivity index (χ1v) is 7.83. The Morgan fingerprint density at radius 2 is 2.05 bits per heavy atom. The fourth-order valence-corrected chi connectivity index (χ4v) is 2.98. The van der Waals surface area contributed by atoms with Gasteiger partial charge in [0.15, 0.2) is 0 Å². The second kappa shape index (κ2) is 6.50. The minimum absolute atomic E-state index is 0.0157. The third kappa shape index (κ3) is 4.48. The molecule has 1 aliphatic carbocycles. The van der Waals surface area contributed by atoms with Gasteiger partial charge < -0.3 is 15.0 Å². The van der Waals surface area contributed by atoms with E-state index in [0.717, 1.165) is 38.6 Å². The first-order valence-electron chi connectivity index (χ1n) is 7.83. The standard InChI is InChI=1S/C16H26N2O3/c1-16(2,3)17-15(20)21-13-9-5-4-8-12(13)18-11-7-6-10-14(18)19/h6,10,12-13H,4-5,7-9,11H2,1-3H3,(H,17,20). The highest BCUT2D eigenvalue weighted by atomic mass is 16.6. The molecule has 0 aromatic carbocycles. The van der Waals surface area contributed by atoms with Crippen LogP contribution in [0.2, 0.25) is 0 Å². The Bertz CT molecular complexity index is 426. The molecule has 21 heavy (non-hydrogen) atoms. The number of rotatable bonds is 2. The number of carbonyl (C=O) groups excluding carboxylic acids is 2. The summed E-state index contributed by atoms with van der Waals surface area (Å²) in [5.41, 5.74) is -0.315. The van der Waals surface area contributed by atoms with Gasteiger partial charge in [0.2, 0.25) is 5.91 Å². The average molecular weight is 294 g/mol. The Labute approximate surface area is 126 Å². The summed E-state index contributed by atoms with van der Waals surface area (Å²) in [5, 5.41) is 2.82. The average Bonchev–Trinajstić information content (AvgIpc) is 2.38. The molecule has 0 radical (unpaired) electrons. The van der Waals surface area contributed by atoms with Crippen LogP contribution < -0.4 is 5.32 Å². The molecule has 2 unspecified atom stereocenters. The summed E-state index contributed by atoms with van der Waals surface area (Å²) >= 11 is 0. The molecule has 118 valence electrons. The lowest BCUT2D eigenvalue weighted by atomic mass is 9.90. The van der Waals surface area contributed by atoms with Gasteiger partial charge in [0.05, 0.1) is 6.04 Å². The molecule has 1 saturated carbocycles. The molecule has 1 aliphatic heterocycles. The van der Waals surface area contributed by atoms with Crippen LogP contribution in [0, 0.1) is 0 Å². The van der Waals surface area contributed by atoms with Gasteiger partial charge in [0, 0.05) is 12.1 Å². The molecule has 2 aliphatic rings. The maximum absolute atomic E-state index is 12.0. The number of alkyl carbamates (subject to hydrolysis) is 1. The van der Waals surface area contributed by atoms with Crippen LogP contribution in [0.5, 0.6) is 0 Å². The van der Waals surface area contributed by atoms with E-state index in [1.54, 1.807) is 6.08 Å². The van der Waals surface area contributed by atoms with Crippen molar-refractivity contribution < 1.29 is 14.3 Å². The Morgan fingerprint density at radius 1 is 1.33 bits per heavy atom. The largest absolute Gasteiger partial charge is 0.444 e. The van der Waals surface area contributed by atoms with Crippen LogP contribution in [0.25, 0.3) is 0 Å². The summed E-state index contributed by atoms with van der Waals surface area (Å²) in [6.07, 6.45) is 7.69. The summed E-state index contributed by atoms with van der Waals surface area (Å²) < 4.78 is 5.61. The zero-order valence-corrected chi connectivity index (χ0v) is 13.2. The van der Waals surface area contributed by atoms with Gasteiger partial charge in [0.25, 0.3) is 0 Å². The Kier molecular flexibility index (Phi) is 4.91. The van der Waals surface area contributed by atoms with Gasteiger partial charge in [-0.2, -0.15) is 0 Å². The van der Waals surface area contributed by atoms with E-state index in [2.05, 4.69) is 5.32 Å². The number of ether oxygens (including phenoxy) is 1. The molecule has 0 bridgehead atoms. The van der Waals surface area contributed by atoms with Gasteiger partial charge in [-0.25, -0.2) is 4.79 Å². The lowest BCUT2D eigenvalue weighted by molar-refractivity contribution is -0.132. The van der Waals surface area contributed by atoms with Crippen LogP contribution >= 0.6 is 0 Å². The Balaban J connectivity index is 2.00. The van der Waals surface area contributed by atoms with Crippen LogP contribution in [0.4, 0.5) is 4.79 Å². The highest BCUT2D eigenvalue weighted by molar-refractivity contribution is 5.88. The van der Waals surface area contributed by atoms with Crippen molar-refractivity contribution in [2.24, 2.45) is 0 Å². The van der Waals surface area contributed by atoms with E-state index >= 15 is 0 Å². The molecule has 0 spiro atoms. The zero-order chi connectivity index (χ0) is 15.5. The van der Waals surface area contributed by atoms with Crippen LogP contribution in [0.3, 0.4) is 0 Å². The predicted molar refractivity (Wildman–Crippen MR) is 80.9 cm³/mol. The lowest BCUT2D eigenvalue weighted by Crippen LogP contribution is -2.52.